The highest BCUT2D eigenvalue weighted by Crippen LogP contribution is 2.25. The first-order valence-corrected chi connectivity index (χ1v) is 5.32. The van der Waals surface area contributed by atoms with Crippen LogP contribution in [0.1, 0.15) is 0 Å². The fourth-order valence-electron chi connectivity index (χ4n) is 1.23. The van der Waals surface area contributed by atoms with Gasteiger partial charge in [0.25, 0.3) is 0 Å². The summed E-state index contributed by atoms with van der Waals surface area (Å²) in [5.41, 5.74) is 1.15. The van der Waals surface area contributed by atoms with Crippen LogP contribution in [0.3, 0.4) is 0 Å². The fourth-order valence-corrected chi connectivity index (χ4v) is 3.04. The first-order chi connectivity index (χ1) is 5.68. The van der Waals surface area contributed by atoms with Crippen molar-refractivity contribution < 1.29 is 0 Å². The molecule has 0 saturated carbocycles. The smallest absolute Gasteiger partial charge is 0.0821 e. The van der Waals surface area contributed by atoms with E-state index in [1.165, 1.54) is 8.96 Å². The molecule has 4 heteroatoms. The van der Waals surface area contributed by atoms with Crippen LogP contribution in [0.5, 0.6) is 0 Å². The van der Waals surface area contributed by atoms with E-state index >= 15 is 0 Å². The van der Waals surface area contributed by atoms with Gasteiger partial charge in [-0.25, -0.2) is 0 Å². The summed E-state index contributed by atoms with van der Waals surface area (Å²) in [5.74, 6) is 0. The van der Waals surface area contributed by atoms with Gasteiger partial charge >= 0.3 is 0 Å². The van der Waals surface area contributed by atoms with Gasteiger partial charge in [-0.05, 0) is 50.7 Å². The Balaban J connectivity index is 2.93. The summed E-state index contributed by atoms with van der Waals surface area (Å²) in [7, 11) is 1.94. The predicted molar refractivity (Wildman–Crippen MR) is 61.1 cm³/mol. The molecule has 1 aromatic heterocycles. The summed E-state index contributed by atoms with van der Waals surface area (Å²) in [6, 6.07) is 4.21. The number of hydrogen-bond acceptors (Lipinski definition) is 1. The Kier molecular flexibility index (Phi) is 2.12. The van der Waals surface area contributed by atoms with E-state index in [-0.39, 0.29) is 0 Å². The Morgan fingerprint density at radius 3 is 3.00 bits per heavy atom. The van der Waals surface area contributed by atoms with Gasteiger partial charge in [0, 0.05) is 20.5 Å². The van der Waals surface area contributed by atoms with Crippen molar-refractivity contribution in [3.8, 4) is 0 Å². The van der Waals surface area contributed by atoms with E-state index < -0.39 is 0 Å². The van der Waals surface area contributed by atoms with Gasteiger partial charge in [-0.1, -0.05) is 0 Å². The molecule has 0 saturated heterocycles. The maximum atomic E-state index is 4.18. The molecule has 0 fully saturated rings. The third kappa shape index (κ3) is 1.26. The second kappa shape index (κ2) is 2.99. The van der Waals surface area contributed by atoms with Crippen molar-refractivity contribution in [1.29, 1.82) is 0 Å². The van der Waals surface area contributed by atoms with Crippen molar-refractivity contribution in [2.24, 2.45) is 7.05 Å². The molecule has 0 aliphatic carbocycles. The number of halogens is 2. The molecule has 0 unspecified atom stereocenters. The molecule has 0 bridgehead atoms. The van der Waals surface area contributed by atoms with Gasteiger partial charge in [-0.3, -0.25) is 4.68 Å². The van der Waals surface area contributed by atoms with Crippen molar-refractivity contribution in [1.82, 2.24) is 9.78 Å². The van der Waals surface area contributed by atoms with Crippen LogP contribution < -0.4 is 0 Å². The number of rotatable bonds is 0. The van der Waals surface area contributed by atoms with Crippen LogP contribution in [0.15, 0.2) is 22.8 Å². The largest absolute Gasteiger partial charge is 0.267 e. The first kappa shape index (κ1) is 8.50. The van der Waals surface area contributed by atoms with Gasteiger partial charge in [0.2, 0.25) is 0 Å². The Labute approximate surface area is 92.2 Å². The van der Waals surface area contributed by atoms with E-state index in [4.69, 9.17) is 0 Å². The summed E-state index contributed by atoms with van der Waals surface area (Å²) in [6.07, 6.45) is 1.88. The molecule has 0 spiro atoms. The Morgan fingerprint density at radius 2 is 2.25 bits per heavy atom. The highest BCUT2D eigenvalue weighted by molar-refractivity contribution is 14.1. The van der Waals surface area contributed by atoms with Crippen molar-refractivity contribution in [3.63, 3.8) is 0 Å². The lowest BCUT2D eigenvalue weighted by Crippen LogP contribution is -1.89. The van der Waals surface area contributed by atoms with E-state index in [0.717, 1.165) is 9.99 Å². The second-order valence-corrected chi connectivity index (χ2v) is 4.69. The highest BCUT2D eigenvalue weighted by atomic mass is 127. The number of hydrogen-bond donors (Lipinski definition) is 0. The molecule has 0 atom stereocenters. The van der Waals surface area contributed by atoms with Crippen molar-refractivity contribution in [3.05, 3.63) is 26.4 Å². The summed E-state index contributed by atoms with van der Waals surface area (Å²) < 4.78 is 4.19. The predicted octanol–water partition coefficient (Wildman–Crippen LogP) is 2.94. The normalized spacial score (nSPS) is 10.9. The molecule has 62 valence electrons. The van der Waals surface area contributed by atoms with Crippen molar-refractivity contribution in [2.45, 2.75) is 0 Å². The topological polar surface area (TPSA) is 17.8 Å². The third-order valence-corrected chi connectivity index (χ3v) is 2.98. The van der Waals surface area contributed by atoms with Crippen LogP contribution in [0.25, 0.3) is 10.9 Å². The zero-order chi connectivity index (χ0) is 8.72. The minimum Gasteiger partial charge on any atom is -0.267 e. The molecule has 1 aromatic carbocycles. The number of nitrogens with zero attached hydrogens (tertiary/aromatic N) is 2. The number of benzene rings is 1. The number of aromatic nitrogens is 2. The highest BCUT2D eigenvalue weighted by Gasteiger charge is 2.04. The monoisotopic (exact) mass is 336 g/mol. The minimum absolute atomic E-state index is 1.10. The van der Waals surface area contributed by atoms with Crippen LogP contribution in [0, 0.1) is 3.57 Å². The molecule has 1 heterocycles. The van der Waals surface area contributed by atoms with E-state index in [0.29, 0.717) is 0 Å². The average molecular weight is 337 g/mol. The molecule has 0 amide bonds. The van der Waals surface area contributed by atoms with Gasteiger partial charge in [0.05, 0.1) is 11.7 Å². The molecule has 0 N–H and O–H groups in total. The van der Waals surface area contributed by atoms with Crippen molar-refractivity contribution >= 4 is 49.4 Å². The summed E-state index contributed by atoms with van der Waals surface area (Å²) in [5, 5.41) is 5.36. The third-order valence-electron chi connectivity index (χ3n) is 1.75. The molecule has 0 radical (unpaired) electrons. The lowest BCUT2D eigenvalue weighted by atomic mass is 10.3. The summed E-state index contributed by atoms with van der Waals surface area (Å²) in [4.78, 5) is 0. The maximum Gasteiger partial charge on any atom is 0.0821 e. The van der Waals surface area contributed by atoms with Gasteiger partial charge in [0.1, 0.15) is 0 Å². The van der Waals surface area contributed by atoms with Crippen LogP contribution in [-0.2, 0) is 7.05 Å². The Morgan fingerprint density at radius 1 is 1.50 bits per heavy atom. The zero-order valence-electron chi connectivity index (χ0n) is 6.38. The van der Waals surface area contributed by atoms with E-state index in [1.54, 1.807) is 0 Å². The summed E-state index contributed by atoms with van der Waals surface area (Å²) in [6.45, 7) is 0. The molecular weight excluding hydrogens is 331 g/mol. The summed E-state index contributed by atoms with van der Waals surface area (Å²) >= 11 is 5.81. The lowest BCUT2D eigenvalue weighted by molar-refractivity contribution is 0.795. The lowest BCUT2D eigenvalue weighted by Gasteiger charge is -1.98. The first-order valence-electron chi connectivity index (χ1n) is 3.45. The zero-order valence-corrected chi connectivity index (χ0v) is 10.1. The molecule has 12 heavy (non-hydrogen) atoms. The molecule has 2 aromatic rings. The van der Waals surface area contributed by atoms with Crippen LogP contribution in [0.4, 0.5) is 0 Å². The molecule has 2 nitrogen and oxygen atoms in total. The maximum absolute atomic E-state index is 4.18. The minimum atomic E-state index is 1.10. The van der Waals surface area contributed by atoms with E-state index in [9.17, 15) is 0 Å². The fraction of sp³-hybridized carbons (Fsp3) is 0.125. The molecule has 0 aliphatic heterocycles. The molecule has 2 rings (SSSR count). The average Bonchev–Trinajstić information content (AvgIpc) is 2.31. The molecular formula is C8H6BrIN2. The Bertz CT molecular complexity index is 436. The van der Waals surface area contributed by atoms with Gasteiger partial charge in [-0.15, -0.1) is 0 Å². The second-order valence-electron chi connectivity index (χ2n) is 2.59. The quantitative estimate of drug-likeness (QED) is 0.676. The van der Waals surface area contributed by atoms with Gasteiger partial charge < -0.3 is 0 Å². The van der Waals surface area contributed by atoms with Crippen LogP contribution in [-0.4, -0.2) is 9.78 Å². The number of fused-ring (bicyclic) bond motifs is 1. The van der Waals surface area contributed by atoms with Crippen molar-refractivity contribution in [2.75, 3.05) is 0 Å². The SMILES string of the molecule is Cn1ncc2cc(I)cc(Br)c21. The van der Waals surface area contributed by atoms with Gasteiger partial charge in [0.15, 0.2) is 0 Å². The Hall–Kier alpha value is -0.100. The van der Waals surface area contributed by atoms with Crippen LogP contribution >= 0.6 is 38.5 Å². The van der Waals surface area contributed by atoms with Crippen LogP contribution in [0.2, 0.25) is 0 Å². The standard InChI is InChI=1S/C8H6BrIN2/c1-12-8-5(4-11-12)2-6(10)3-7(8)9/h2-4H,1H3. The van der Waals surface area contributed by atoms with Gasteiger partial charge in [-0.2, -0.15) is 5.10 Å². The molecule has 0 aliphatic rings. The van der Waals surface area contributed by atoms with E-state index in [2.05, 4.69) is 55.8 Å². The van der Waals surface area contributed by atoms with E-state index in [1.807, 2.05) is 17.9 Å². The number of aryl methyl sites for hydroxylation is 1.